The van der Waals surface area contributed by atoms with E-state index in [0.717, 1.165) is 13.2 Å². The highest BCUT2D eigenvalue weighted by molar-refractivity contribution is 5.68. The Morgan fingerprint density at radius 3 is 1.79 bits per heavy atom. The molecule has 3 nitrogen and oxygen atoms in total. The van der Waals surface area contributed by atoms with Gasteiger partial charge in [-0.3, -0.25) is 0 Å². The SMILES string of the molecule is CCOCc1ccc(-c2ccc(COCC)cc2COCC)cc1. The van der Waals surface area contributed by atoms with Crippen LogP contribution in [0, 0.1) is 0 Å². The van der Waals surface area contributed by atoms with E-state index in [1.807, 2.05) is 20.8 Å². The highest BCUT2D eigenvalue weighted by Gasteiger charge is 2.07. The predicted octanol–water partition coefficient (Wildman–Crippen LogP) is 4.96. The van der Waals surface area contributed by atoms with Gasteiger partial charge in [0.25, 0.3) is 0 Å². The highest BCUT2D eigenvalue weighted by Crippen LogP contribution is 2.26. The molecule has 2 rings (SSSR count). The molecule has 0 spiro atoms. The number of hydrogen-bond acceptors (Lipinski definition) is 3. The monoisotopic (exact) mass is 328 g/mol. The zero-order valence-electron chi connectivity index (χ0n) is 15.0. The second-order valence-electron chi connectivity index (χ2n) is 5.60. The molecule has 2 aromatic rings. The quantitative estimate of drug-likeness (QED) is 0.617. The third-order valence-electron chi connectivity index (χ3n) is 3.84. The third kappa shape index (κ3) is 5.45. The lowest BCUT2D eigenvalue weighted by Crippen LogP contribution is -1.99. The van der Waals surface area contributed by atoms with Crippen molar-refractivity contribution in [3.63, 3.8) is 0 Å². The van der Waals surface area contributed by atoms with Crippen LogP contribution in [0.4, 0.5) is 0 Å². The normalized spacial score (nSPS) is 11.0. The van der Waals surface area contributed by atoms with Crippen molar-refractivity contribution in [3.8, 4) is 11.1 Å². The summed E-state index contributed by atoms with van der Waals surface area (Å²) in [5, 5.41) is 0. The van der Waals surface area contributed by atoms with Crippen LogP contribution in [-0.4, -0.2) is 19.8 Å². The van der Waals surface area contributed by atoms with Crippen molar-refractivity contribution in [2.45, 2.75) is 40.6 Å². The zero-order chi connectivity index (χ0) is 17.2. The van der Waals surface area contributed by atoms with Gasteiger partial charge >= 0.3 is 0 Å². The van der Waals surface area contributed by atoms with E-state index < -0.39 is 0 Å². The van der Waals surface area contributed by atoms with Crippen LogP contribution in [0.25, 0.3) is 11.1 Å². The van der Waals surface area contributed by atoms with Crippen LogP contribution in [0.15, 0.2) is 42.5 Å². The summed E-state index contributed by atoms with van der Waals surface area (Å²) in [6.07, 6.45) is 0. The number of ether oxygens (including phenoxy) is 3. The number of benzene rings is 2. The van der Waals surface area contributed by atoms with Gasteiger partial charge in [-0.25, -0.2) is 0 Å². The van der Waals surface area contributed by atoms with Gasteiger partial charge in [0.1, 0.15) is 0 Å². The van der Waals surface area contributed by atoms with E-state index in [1.165, 1.54) is 27.8 Å². The molecule has 0 saturated carbocycles. The average Bonchev–Trinajstić information content (AvgIpc) is 2.63. The Kier molecular flexibility index (Phi) is 7.96. The summed E-state index contributed by atoms with van der Waals surface area (Å²) in [6.45, 7) is 10.1. The number of rotatable bonds is 10. The Hall–Kier alpha value is -1.68. The van der Waals surface area contributed by atoms with Gasteiger partial charge in [-0.1, -0.05) is 42.5 Å². The molecule has 0 unspecified atom stereocenters. The lowest BCUT2D eigenvalue weighted by atomic mass is 9.97. The maximum atomic E-state index is 5.66. The molecule has 3 heteroatoms. The summed E-state index contributed by atoms with van der Waals surface area (Å²) in [5.74, 6) is 0. The first kappa shape index (κ1) is 18.7. The van der Waals surface area contributed by atoms with Gasteiger partial charge in [-0.2, -0.15) is 0 Å². The van der Waals surface area contributed by atoms with Crippen LogP contribution < -0.4 is 0 Å². The molecule has 0 N–H and O–H groups in total. The molecule has 24 heavy (non-hydrogen) atoms. The molecule has 0 heterocycles. The fraction of sp³-hybridized carbons (Fsp3) is 0.429. The second-order valence-corrected chi connectivity index (χ2v) is 5.60. The fourth-order valence-corrected chi connectivity index (χ4v) is 2.57. The second kappa shape index (κ2) is 10.2. The van der Waals surface area contributed by atoms with Crippen LogP contribution in [0.2, 0.25) is 0 Å². The van der Waals surface area contributed by atoms with Crippen LogP contribution in [-0.2, 0) is 34.0 Å². The van der Waals surface area contributed by atoms with Crippen molar-refractivity contribution in [1.82, 2.24) is 0 Å². The summed E-state index contributed by atoms with van der Waals surface area (Å²) in [7, 11) is 0. The molecule has 0 fully saturated rings. The van der Waals surface area contributed by atoms with Crippen LogP contribution in [0.3, 0.4) is 0 Å². The molecule has 0 bridgehead atoms. The van der Waals surface area contributed by atoms with Crippen molar-refractivity contribution in [3.05, 3.63) is 59.2 Å². The Balaban J connectivity index is 2.23. The highest BCUT2D eigenvalue weighted by atomic mass is 16.5. The van der Waals surface area contributed by atoms with Gasteiger partial charge in [0.05, 0.1) is 19.8 Å². The predicted molar refractivity (Wildman–Crippen MR) is 97.9 cm³/mol. The first-order valence-electron chi connectivity index (χ1n) is 8.72. The van der Waals surface area contributed by atoms with Gasteiger partial charge in [0.2, 0.25) is 0 Å². The van der Waals surface area contributed by atoms with E-state index in [9.17, 15) is 0 Å². The number of hydrogen-bond donors (Lipinski definition) is 0. The summed E-state index contributed by atoms with van der Waals surface area (Å²) < 4.78 is 16.6. The van der Waals surface area contributed by atoms with E-state index in [1.54, 1.807) is 0 Å². The molecule has 0 atom stereocenters. The Morgan fingerprint density at radius 1 is 0.625 bits per heavy atom. The van der Waals surface area contributed by atoms with Crippen molar-refractivity contribution < 1.29 is 14.2 Å². The van der Waals surface area contributed by atoms with Gasteiger partial charge in [-0.15, -0.1) is 0 Å². The van der Waals surface area contributed by atoms with Gasteiger partial charge in [-0.05, 0) is 48.6 Å². The molecule has 0 aliphatic carbocycles. The topological polar surface area (TPSA) is 27.7 Å². The minimum Gasteiger partial charge on any atom is -0.377 e. The lowest BCUT2D eigenvalue weighted by molar-refractivity contribution is 0.130. The summed E-state index contributed by atoms with van der Waals surface area (Å²) in [5.41, 5.74) is 5.99. The van der Waals surface area contributed by atoms with Crippen LogP contribution >= 0.6 is 0 Å². The molecule has 0 radical (unpaired) electrons. The minimum absolute atomic E-state index is 0.618. The van der Waals surface area contributed by atoms with E-state index in [-0.39, 0.29) is 0 Å². The molecular formula is C21H28O3. The molecule has 130 valence electrons. The molecule has 0 amide bonds. The largest absolute Gasteiger partial charge is 0.377 e. The van der Waals surface area contributed by atoms with Crippen LogP contribution in [0.1, 0.15) is 37.5 Å². The van der Waals surface area contributed by atoms with E-state index in [2.05, 4.69) is 42.5 Å². The lowest BCUT2D eigenvalue weighted by Gasteiger charge is -2.13. The summed E-state index contributed by atoms with van der Waals surface area (Å²) >= 11 is 0. The van der Waals surface area contributed by atoms with Gasteiger partial charge in [0.15, 0.2) is 0 Å². The van der Waals surface area contributed by atoms with E-state index >= 15 is 0 Å². The van der Waals surface area contributed by atoms with Crippen molar-refractivity contribution >= 4 is 0 Å². The van der Waals surface area contributed by atoms with Crippen LogP contribution in [0.5, 0.6) is 0 Å². The van der Waals surface area contributed by atoms with Crippen molar-refractivity contribution in [2.75, 3.05) is 19.8 Å². The van der Waals surface area contributed by atoms with Crippen molar-refractivity contribution in [1.29, 1.82) is 0 Å². The standard InChI is InChI=1S/C21H28O3/c1-4-22-14-17-7-10-19(11-8-17)21-12-9-18(15-23-5-2)13-20(21)16-24-6-3/h7-13H,4-6,14-16H2,1-3H3. The first-order chi connectivity index (χ1) is 11.8. The Labute approximate surface area is 145 Å². The maximum absolute atomic E-state index is 5.66. The van der Waals surface area contributed by atoms with E-state index in [4.69, 9.17) is 14.2 Å². The maximum Gasteiger partial charge on any atom is 0.0722 e. The molecule has 2 aromatic carbocycles. The Bertz CT molecular complexity index is 605. The van der Waals surface area contributed by atoms with E-state index in [0.29, 0.717) is 26.4 Å². The summed E-state index contributed by atoms with van der Waals surface area (Å²) in [6, 6.07) is 15.1. The average molecular weight is 328 g/mol. The van der Waals surface area contributed by atoms with Gasteiger partial charge < -0.3 is 14.2 Å². The fourth-order valence-electron chi connectivity index (χ4n) is 2.57. The first-order valence-corrected chi connectivity index (χ1v) is 8.72. The van der Waals surface area contributed by atoms with Gasteiger partial charge in [0, 0.05) is 19.8 Å². The van der Waals surface area contributed by atoms with Crippen molar-refractivity contribution in [2.24, 2.45) is 0 Å². The molecular weight excluding hydrogens is 300 g/mol. The zero-order valence-corrected chi connectivity index (χ0v) is 15.0. The Morgan fingerprint density at radius 2 is 1.17 bits per heavy atom. The molecule has 0 aliphatic heterocycles. The molecule has 0 aliphatic rings. The minimum atomic E-state index is 0.618. The third-order valence-corrected chi connectivity index (χ3v) is 3.84. The molecule has 0 saturated heterocycles. The smallest absolute Gasteiger partial charge is 0.0722 e. The molecule has 0 aromatic heterocycles. The summed E-state index contributed by atoms with van der Waals surface area (Å²) in [4.78, 5) is 0.